The molecule has 0 fully saturated rings. The van der Waals surface area contributed by atoms with Crippen LogP contribution in [-0.4, -0.2) is 78.0 Å². The first kappa shape index (κ1) is 50.5. The molecule has 0 spiro atoms. The highest BCUT2D eigenvalue weighted by atomic mass is 31.2. The molecule has 0 radical (unpaired) electrons. The summed E-state index contributed by atoms with van der Waals surface area (Å²) in [7, 11) is -4.26. The molecule has 0 saturated heterocycles. The molecule has 0 aromatic heterocycles. The van der Waals surface area contributed by atoms with E-state index in [1.165, 1.54) is 18.9 Å². The van der Waals surface area contributed by atoms with Crippen molar-refractivity contribution in [3.63, 3.8) is 0 Å². The van der Waals surface area contributed by atoms with Gasteiger partial charge < -0.3 is 14.5 Å². The summed E-state index contributed by atoms with van der Waals surface area (Å²) in [6.45, 7) is 39.8. The van der Waals surface area contributed by atoms with Gasteiger partial charge in [-0.3, -0.25) is 14.3 Å². The molecule has 8 nitrogen and oxygen atoms in total. The lowest BCUT2D eigenvalue weighted by molar-refractivity contribution is -0.139. The van der Waals surface area contributed by atoms with E-state index in [4.69, 9.17) is 14.5 Å². The Morgan fingerprint density at radius 1 is 0.652 bits per heavy atom. The Kier molecular flexibility index (Phi) is 42.7. The number of ether oxygens (including phenoxy) is 1. The summed E-state index contributed by atoms with van der Waals surface area (Å²) in [6.07, 6.45) is 21.2. The lowest BCUT2D eigenvalue weighted by Gasteiger charge is -2.15. The van der Waals surface area contributed by atoms with Crippen LogP contribution in [0.3, 0.4) is 0 Å². The van der Waals surface area contributed by atoms with Crippen LogP contribution in [0.1, 0.15) is 79.1 Å². The Bertz CT molecular complexity index is 749. The van der Waals surface area contributed by atoms with Crippen LogP contribution in [0.4, 0.5) is 0 Å². The van der Waals surface area contributed by atoms with Gasteiger partial charge in [-0.25, -0.2) is 9.36 Å². The van der Waals surface area contributed by atoms with Crippen molar-refractivity contribution in [3.05, 3.63) is 88.6 Å². The molecule has 2 N–H and O–H groups in total. The van der Waals surface area contributed by atoms with Crippen molar-refractivity contribution < 1.29 is 28.4 Å². The van der Waals surface area contributed by atoms with E-state index in [0.29, 0.717) is 12.5 Å². The fourth-order valence-electron chi connectivity index (χ4n) is 3.80. The van der Waals surface area contributed by atoms with Gasteiger partial charge >= 0.3 is 13.8 Å². The average molecular weight is 669 g/mol. The van der Waals surface area contributed by atoms with Gasteiger partial charge in [0, 0.05) is 45.3 Å². The predicted octanol–water partition coefficient (Wildman–Crippen LogP) is 8.94. The summed E-state index contributed by atoms with van der Waals surface area (Å²) in [5, 5.41) is 0. The molecule has 2 atom stereocenters. The summed E-state index contributed by atoms with van der Waals surface area (Å²) in [6, 6.07) is 0. The summed E-state index contributed by atoms with van der Waals surface area (Å²) < 4.78 is 19.8. The largest absolute Gasteiger partial charge is 0.469 e. The second-order valence-electron chi connectivity index (χ2n) is 10.6. The molecule has 0 aromatic carbocycles. The van der Waals surface area contributed by atoms with Gasteiger partial charge in [-0.15, -0.1) is 39.5 Å². The standard InChI is InChI=1S/C11H20O2.2C9H15N.C8H19O4P/c1-4-7-8-10(5-2)9-13-11(12)6-3;2*1-4-7-10(8-5-2)9-6-3;1-3-5-6-8(4-2)7-12-13(9,10)11/h6,10H,3-5,7-9H2,1-2H3;2*4-6H,1-3,7-9H2;8H,3-7H2,1-2H3,(H2,9,10,11). The minimum absolute atomic E-state index is 0.167. The van der Waals surface area contributed by atoms with Crippen LogP contribution >= 0.6 is 7.82 Å². The maximum atomic E-state index is 10.8. The van der Waals surface area contributed by atoms with Gasteiger partial charge in [-0.05, 0) is 24.7 Å². The van der Waals surface area contributed by atoms with E-state index in [1.807, 2.05) is 43.4 Å². The first-order valence-electron chi connectivity index (χ1n) is 16.5. The summed E-state index contributed by atoms with van der Waals surface area (Å²) >= 11 is 0. The van der Waals surface area contributed by atoms with Crippen LogP contribution in [0.15, 0.2) is 88.6 Å². The smallest absolute Gasteiger partial charge is 0.462 e. The summed E-state index contributed by atoms with van der Waals surface area (Å²) in [5.41, 5.74) is 0. The van der Waals surface area contributed by atoms with Crippen molar-refractivity contribution in [1.82, 2.24) is 9.80 Å². The lowest BCUT2D eigenvalue weighted by atomic mass is 10.0. The highest BCUT2D eigenvalue weighted by molar-refractivity contribution is 7.46. The number of unbranched alkanes of at least 4 members (excludes halogenated alkanes) is 2. The molecule has 268 valence electrons. The molecule has 9 heteroatoms. The monoisotopic (exact) mass is 668 g/mol. The maximum absolute atomic E-state index is 10.8. The molecule has 46 heavy (non-hydrogen) atoms. The molecule has 0 aliphatic carbocycles. The molecule has 0 aliphatic rings. The number of nitrogens with zero attached hydrogens (tertiary/aromatic N) is 2. The second kappa shape index (κ2) is 38.9. The second-order valence-corrected chi connectivity index (χ2v) is 11.9. The van der Waals surface area contributed by atoms with E-state index in [-0.39, 0.29) is 18.5 Å². The van der Waals surface area contributed by atoms with E-state index in [0.717, 1.165) is 77.8 Å². The Morgan fingerprint density at radius 2 is 0.978 bits per heavy atom. The van der Waals surface area contributed by atoms with Crippen molar-refractivity contribution in [2.75, 3.05) is 52.5 Å². The zero-order chi connectivity index (χ0) is 36.1. The van der Waals surface area contributed by atoms with Gasteiger partial charge in [0.1, 0.15) is 0 Å². The van der Waals surface area contributed by atoms with Gasteiger partial charge in [-0.2, -0.15) is 0 Å². The number of phosphoric acid groups is 1. The third kappa shape index (κ3) is 41.7. The third-order valence-corrected chi connectivity index (χ3v) is 7.00. The molecule has 2 unspecified atom stereocenters. The van der Waals surface area contributed by atoms with Gasteiger partial charge in [-0.1, -0.05) is 109 Å². The predicted molar refractivity (Wildman–Crippen MR) is 200 cm³/mol. The quantitative estimate of drug-likeness (QED) is 0.0408. The Morgan fingerprint density at radius 3 is 1.22 bits per heavy atom. The van der Waals surface area contributed by atoms with Gasteiger partial charge in [0.05, 0.1) is 13.2 Å². The first-order valence-corrected chi connectivity index (χ1v) is 18.1. The number of phosphoric ester groups is 1. The number of hydrogen-bond acceptors (Lipinski definition) is 6. The molecule has 0 amide bonds. The van der Waals surface area contributed by atoms with Gasteiger partial charge in [0.2, 0.25) is 0 Å². The van der Waals surface area contributed by atoms with Crippen molar-refractivity contribution >= 4 is 13.8 Å². The number of carbonyl (C=O) groups is 1. The molecule has 0 bridgehead atoms. The fourth-order valence-corrected chi connectivity index (χ4v) is 4.21. The third-order valence-electron chi connectivity index (χ3n) is 6.52. The van der Waals surface area contributed by atoms with Crippen molar-refractivity contribution in [1.29, 1.82) is 0 Å². The van der Waals surface area contributed by atoms with E-state index in [1.54, 1.807) is 0 Å². The lowest BCUT2D eigenvalue weighted by Crippen LogP contribution is -2.23. The van der Waals surface area contributed by atoms with E-state index in [2.05, 4.69) is 81.1 Å². The zero-order valence-corrected chi connectivity index (χ0v) is 30.7. The van der Waals surface area contributed by atoms with Crippen LogP contribution in [0, 0.1) is 11.8 Å². The van der Waals surface area contributed by atoms with Gasteiger partial charge in [0.25, 0.3) is 0 Å². The molecule has 0 rings (SSSR count). The Labute approximate surface area is 283 Å². The van der Waals surface area contributed by atoms with Crippen LogP contribution in [0.5, 0.6) is 0 Å². The number of carbonyl (C=O) groups excluding carboxylic acids is 1. The normalized spacial score (nSPS) is 11.6. The molecular formula is C37H69N2O6P. The van der Waals surface area contributed by atoms with Gasteiger partial charge in [0.15, 0.2) is 0 Å². The Hall–Kier alpha value is -2.32. The van der Waals surface area contributed by atoms with Crippen LogP contribution in [-0.2, 0) is 18.6 Å². The highest BCUT2D eigenvalue weighted by Crippen LogP contribution is 2.37. The number of esters is 1. The van der Waals surface area contributed by atoms with Crippen LogP contribution < -0.4 is 0 Å². The van der Waals surface area contributed by atoms with Crippen molar-refractivity contribution in [3.8, 4) is 0 Å². The highest BCUT2D eigenvalue weighted by Gasteiger charge is 2.16. The number of hydrogen-bond donors (Lipinski definition) is 2. The molecule has 0 saturated carbocycles. The minimum atomic E-state index is -4.26. The molecule has 0 heterocycles. The van der Waals surface area contributed by atoms with E-state index < -0.39 is 7.82 Å². The van der Waals surface area contributed by atoms with Crippen molar-refractivity contribution in [2.24, 2.45) is 11.8 Å². The molecule has 0 aromatic rings. The van der Waals surface area contributed by atoms with Crippen molar-refractivity contribution in [2.45, 2.75) is 79.1 Å². The zero-order valence-electron chi connectivity index (χ0n) is 29.8. The minimum Gasteiger partial charge on any atom is -0.462 e. The summed E-state index contributed by atoms with van der Waals surface area (Å²) in [5.74, 6) is 0.478. The average Bonchev–Trinajstić information content (AvgIpc) is 3.02. The first-order chi connectivity index (χ1) is 21.9. The number of rotatable bonds is 26. The topological polar surface area (TPSA) is 99.5 Å². The Balaban J connectivity index is -0.000000258. The van der Waals surface area contributed by atoms with E-state index in [9.17, 15) is 9.36 Å². The van der Waals surface area contributed by atoms with Crippen LogP contribution in [0.25, 0.3) is 0 Å². The molecular weight excluding hydrogens is 599 g/mol. The fraction of sp³-hybridized carbons (Fsp3) is 0.595. The van der Waals surface area contributed by atoms with Crippen LogP contribution in [0.2, 0.25) is 0 Å². The maximum Gasteiger partial charge on any atom is 0.469 e. The molecule has 0 aliphatic heterocycles. The summed E-state index contributed by atoms with van der Waals surface area (Å²) in [4.78, 5) is 32.1. The SMILES string of the molecule is C=CC(=O)OCC(CC)CCCC.C=CCN(CC=C)CC=C.C=CCN(CC=C)CC=C.CCCCC(CC)COP(=O)(O)O. The van der Waals surface area contributed by atoms with E-state index >= 15 is 0 Å².